The molecule has 1 aliphatic heterocycles. The van der Waals surface area contributed by atoms with Gasteiger partial charge in [0.2, 0.25) is 0 Å². The highest BCUT2D eigenvalue weighted by molar-refractivity contribution is 5.68. The second-order valence-corrected chi connectivity index (χ2v) is 8.10. The quantitative estimate of drug-likeness (QED) is 0.858. The Morgan fingerprint density at radius 1 is 1.14 bits per heavy atom. The summed E-state index contributed by atoms with van der Waals surface area (Å²) in [5, 5.41) is 3.76. The Bertz CT molecular complexity index is 357. The van der Waals surface area contributed by atoms with E-state index in [1.807, 2.05) is 25.7 Å². The van der Waals surface area contributed by atoms with Gasteiger partial charge in [0.05, 0.1) is 0 Å². The summed E-state index contributed by atoms with van der Waals surface area (Å²) >= 11 is 0. The van der Waals surface area contributed by atoms with E-state index in [1.54, 1.807) is 0 Å². The average Bonchev–Trinajstić information content (AvgIpc) is 2.92. The number of ether oxygens (including phenoxy) is 1. The third kappa shape index (κ3) is 5.45. The molecule has 1 saturated carbocycles. The van der Waals surface area contributed by atoms with Crippen molar-refractivity contribution in [3.8, 4) is 0 Å². The molecule has 2 atom stereocenters. The van der Waals surface area contributed by atoms with Gasteiger partial charge in [-0.25, -0.2) is 4.79 Å². The molecule has 4 nitrogen and oxygen atoms in total. The van der Waals surface area contributed by atoms with Crippen molar-refractivity contribution in [2.45, 2.75) is 77.9 Å². The first-order valence-corrected chi connectivity index (χ1v) is 9.08. The monoisotopic (exact) mass is 310 g/mol. The van der Waals surface area contributed by atoms with Gasteiger partial charge in [-0.15, -0.1) is 0 Å². The molecule has 0 radical (unpaired) electrons. The van der Waals surface area contributed by atoms with Crippen molar-refractivity contribution >= 4 is 6.09 Å². The minimum absolute atomic E-state index is 0.152. The normalized spacial score (nSPS) is 27.2. The molecule has 1 N–H and O–H groups in total. The number of likely N-dealkylation sites (tertiary alicyclic amines) is 1. The fourth-order valence-corrected chi connectivity index (χ4v) is 3.61. The first-order chi connectivity index (χ1) is 10.4. The molecule has 1 saturated heterocycles. The summed E-state index contributed by atoms with van der Waals surface area (Å²) in [5.41, 5.74) is -0.395. The summed E-state index contributed by atoms with van der Waals surface area (Å²) in [4.78, 5) is 13.9. The molecule has 1 aliphatic carbocycles. The highest BCUT2D eigenvalue weighted by atomic mass is 16.6. The van der Waals surface area contributed by atoms with Crippen molar-refractivity contribution in [2.75, 3.05) is 19.6 Å². The number of piperidine rings is 1. The molecule has 0 aromatic rings. The molecule has 0 spiro atoms. The Morgan fingerprint density at radius 2 is 1.82 bits per heavy atom. The maximum atomic E-state index is 12.0. The zero-order chi connectivity index (χ0) is 16.2. The van der Waals surface area contributed by atoms with Gasteiger partial charge in [-0.1, -0.05) is 13.3 Å². The Hall–Kier alpha value is -0.770. The number of rotatable bonds is 4. The Morgan fingerprint density at radius 3 is 2.36 bits per heavy atom. The fourth-order valence-electron chi connectivity index (χ4n) is 3.61. The van der Waals surface area contributed by atoms with Gasteiger partial charge in [0.15, 0.2) is 0 Å². The molecule has 2 unspecified atom stereocenters. The SMILES string of the molecule is CCC1CCC(NCC2CCN(C(=O)OC(C)(C)C)CC2)C1. The van der Waals surface area contributed by atoms with Crippen molar-refractivity contribution in [1.82, 2.24) is 10.2 Å². The zero-order valence-corrected chi connectivity index (χ0v) is 14.9. The van der Waals surface area contributed by atoms with Crippen LogP contribution in [0.4, 0.5) is 4.79 Å². The van der Waals surface area contributed by atoms with Crippen LogP contribution in [0.5, 0.6) is 0 Å². The van der Waals surface area contributed by atoms with Crippen LogP contribution in [0.3, 0.4) is 0 Å². The standard InChI is InChI=1S/C18H34N2O2/c1-5-14-6-7-16(12-14)19-13-15-8-10-20(11-9-15)17(21)22-18(2,3)4/h14-16,19H,5-13H2,1-4H3. The summed E-state index contributed by atoms with van der Waals surface area (Å²) in [7, 11) is 0. The van der Waals surface area contributed by atoms with Gasteiger partial charge >= 0.3 is 6.09 Å². The van der Waals surface area contributed by atoms with Crippen LogP contribution in [0.25, 0.3) is 0 Å². The molecule has 1 heterocycles. The highest BCUT2D eigenvalue weighted by Crippen LogP contribution is 2.28. The van der Waals surface area contributed by atoms with E-state index in [2.05, 4.69) is 12.2 Å². The first-order valence-electron chi connectivity index (χ1n) is 9.08. The molecule has 2 aliphatic rings. The second kappa shape index (κ2) is 7.67. The zero-order valence-electron chi connectivity index (χ0n) is 14.9. The van der Waals surface area contributed by atoms with Crippen LogP contribution in [0.1, 0.15) is 66.2 Å². The summed E-state index contributed by atoms with van der Waals surface area (Å²) in [6.45, 7) is 10.9. The van der Waals surface area contributed by atoms with Crippen molar-refractivity contribution < 1.29 is 9.53 Å². The molecule has 128 valence electrons. The van der Waals surface area contributed by atoms with Crippen molar-refractivity contribution in [1.29, 1.82) is 0 Å². The van der Waals surface area contributed by atoms with Crippen LogP contribution < -0.4 is 5.32 Å². The number of carbonyl (C=O) groups excluding carboxylic acids is 1. The van der Waals surface area contributed by atoms with Gasteiger partial charge in [-0.05, 0) is 71.3 Å². The molecule has 4 heteroatoms. The fraction of sp³-hybridized carbons (Fsp3) is 0.944. The van der Waals surface area contributed by atoms with Gasteiger partial charge in [0, 0.05) is 19.1 Å². The smallest absolute Gasteiger partial charge is 0.410 e. The van der Waals surface area contributed by atoms with E-state index in [-0.39, 0.29) is 6.09 Å². The Labute approximate surface area is 136 Å². The lowest BCUT2D eigenvalue weighted by molar-refractivity contribution is 0.0183. The van der Waals surface area contributed by atoms with Crippen molar-refractivity contribution in [2.24, 2.45) is 11.8 Å². The first kappa shape index (κ1) is 17.6. The lowest BCUT2D eigenvalue weighted by Crippen LogP contribution is -2.44. The van der Waals surface area contributed by atoms with Gasteiger partial charge < -0.3 is 15.0 Å². The number of hydrogen-bond donors (Lipinski definition) is 1. The minimum atomic E-state index is -0.395. The summed E-state index contributed by atoms with van der Waals surface area (Å²) in [5.74, 6) is 1.64. The number of carbonyl (C=O) groups is 1. The Balaban J connectivity index is 1.64. The summed E-state index contributed by atoms with van der Waals surface area (Å²) in [6, 6.07) is 0.730. The molecule has 0 bridgehead atoms. The van der Waals surface area contributed by atoms with E-state index in [4.69, 9.17) is 4.74 Å². The maximum absolute atomic E-state index is 12.0. The maximum Gasteiger partial charge on any atom is 0.410 e. The van der Waals surface area contributed by atoms with E-state index in [9.17, 15) is 4.79 Å². The Kier molecular flexibility index (Phi) is 6.13. The average molecular weight is 310 g/mol. The molecule has 0 aromatic heterocycles. The third-order valence-corrected chi connectivity index (χ3v) is 5.08. The largest absolute Gasteiger partial charge is 0.444 e. The number of hydrogen-bond acceptors (Lipinski definition) is 3. The van der Waals surface area contributed by atoms with E-state index < -0.39 is 5.60 Å². The molecule has 1 amide bonds. The van der Waals surface area contributed by atoms with Crippen LogP contribution in [0.2, 0.25) is 0 Å². The van der Waals surface area contributed by atoms with Crippen molar-refractivity contribution in [3.05, 3.63) is 0 Å². The number of amides is 1. The van der Waals surface area contributed by atoms with Crippen molar-refractivity contribution in [3.63, 3.8) is 0 Å². The topological polar surface area (TPSA) is 41.6 Å². The van der Waals surface area contributed by atoms with Gasteiger partial charge in [-0.3, -0.25) is 0 Å². The lowest BCUT2D eigenvalue weighted by atomic mass is 9.96. The molecule has 2 fully saturated rings. The minimum Gasteiger partial charge on any atom is -0.444 e. The lowest BCUT2D eigenvalue weighted by Gasteiger charge is -2.34. The van der Waals surface area contributed by atoms with Crippen LogP contribution in [0, 0.1) is 11.8 Å². The molecular formula is C18H34N2O2. The number of nitrogens with zero attached hydrogens (tertiary/aromatic N) is 1. The second-order valence-electron chi connectivity index (χ2n) is 8.10. The van der Waals surface area contributed by atoms with E-state index in [0.717, 1.165) is 44.4 Å². The van der Waals surface area contributed by atoms with Gasteiger partial charge in [0.1, 0.15) is 5.60 Å². The van der Waals surface area contributed by atoms with Gasteiger partial charge in [-0.2, -0.15) is 0 Å². The predicted octanol–water partition coefficient (Wildman–Crippen LogP) is 3.80. The predicted molar refractivity (Wildman–Crippen MR) is 90.0 cm³/mol. The molecule has 2 rings (SSSR count). The van der Waals surface area contributed by atoms with E-state index in [0.29, 0.717) is 5.92 Å². The van der Waals surface area contributed by atoms with E-state index >= 15 is 0 Å². The van der Waals surface area contributed by atoms with Crippen LogP contribution >= 0.6 is 0 Å². The van der Waals surface area contributed by atoms with Crippen LogP contribution in [-0.2, 0) is 4.74 Å². The number of nitrogens with one attached hydrogen (secondary N) is 1. The highest BCUT2D eigenvalue weighted by Gasteiger charge is 2.28. The summed E-state index contributed by atoms with van der Waals surface area (Å²) < 4.78 is 5.45. The third-order valence-electron chi connectivity index (χ3n) is 5.08. The van der Waals surface area contributed by atoms with Crippen LogP contribution in [-0.4, -0.2) is 42.3 Å². The molecular weight excluding hydrogens is 276 g/mol. The van der Waals surface area contributed by atoms with Crippen LogP contribution in [0.15, 0.2) is 0 Å². The molecule has 0 aromatic carbocycles. The summed E-state index contributed by atoms with van der Waals surface area (Å²) in [6.07, 6.45) is 7.45. The van der Waals surface area contributed by atoms with Gasteiger partial charge in [0.25, 0.3) is 0 Å². The van der Waals surface area contributed by atoms with E-state index in [1.165, 1.54) is 25.7 Å². The molecule has 22 heavy (non-hydrogen) atoms.